The molecule has 0 saturated carbocycles. The summed E-state index contributed by atoms with van der Waals surface area (Å²) in [6.07, 6.45) is 1.47. The largest absolute Gasteiger partial charge is 0.495 e. The van der Waals surface area contributed by atoms with Gasteiger partial charge in [0.2, 0.25) is 5.91 Å². The minimum Gasteiger partial charge on any atom is -0.495 e. The molecule has 1 aliphatic heterocycles. The summed E-state index contributed by atoms with van der Waals surface area (Å²) < 4.78 is 11.0. The minimum absolute atomic E-state index is 0.0480. The van der Waals surface area contributed by atoms with Crippen LogP contribution < -0.4 is 15.8 Å². The third-order valence-electron chi connectivity index (χ3n) is 4.28. The highest BCUT2D eigenvalue weighted by Crippen LogP contribution is 2.34. The second kappa shape index (κ2) is 7.36. The maximum atomic E-state index is 12.8. The lowest BCUT2D eigenvalue weighted by atomic mass is 9.88. The molecule has 1 saturated heterocycles. The molecular weight excluding hydrogens is 304 g/mol. The zero-order valence-corrected chi connectivity index (χ0v) is 13.7. The maximum absolute atomic E-state index is 12.8. The third kappa shape index (κ3) is 3.51. The van der Waals surface area contributed by atoms with Gasteiger partial charge in [0.05, 0.1) is 24.8 Å². The van der Waals surface area contributed by atoms with E-state index in [9.17, 15) is 4.79 Å². The van der Waals surface area contributed by atoms with Crippen LogP contribution in [0.4, 0.5) is 11.4 Å². The van der Waals surface area contributed by atoms with Crippen molar-refractivity contribution >= 4 is 17.3 Å². The van der Waals surface area contributed by atoms with Crippen molar-refractivity contribution in [3.05, 3.63) is 54.1 Å². The quantitative estimate of drug-likeness (QED) is 0.845. The van der Waals surface area contributed by atoms with E-state index < -0.39 is 0 Å². The van der Waals surface area contributed by atoms with Crippen LogP contribution in [0.3, 0.4) is 0 Å². The molecule has 2 unspecified atom stereocenters. The van der Waals surface area contributed by atoms with Crippen molar-refractivity contribution in [3.8, 4) is 5.75 Å². The summed E-state index contributed by atoms with van der Waals surface area (Å²) >= 11 is 0. The second-order valence-corrected chi connectivity index (χ2v) is 5.90. The molecule has 0 spiro atoms. The van der Waals surface area contributed by atoms with Crippen molar-refractivity contribution in [1.82, 2.24) is 0 Å². The van der Waals surface area contributed by atoms with Crippen molar-refractivity contribution in [1.29, 1.82) is 0 Å². The molecule has 126 valence electrons. The number of hydrogen-bond donors (Lipinski definition) is 2. The predicted octanol–water partition coefficient (Wildman–Crippen LogP) is 3.38. The fraction of sp³-hybridized carbons (Fsp3) is 0.316. The number of amides is 1. The number of nitrogens with two attached hydrogens (primary N) is 1. The summed E-state index contributed by atoms with van der Waals surface area (Å²) in [6.45, 7) is 0.679. The molecule has 1 heterocycles. The van der Waals surface area contributed by atoms with Gasteiger partial charge in [-0.2, -0.15) is 0 Å². The van der Waals surface area contributed by atoms with Crippen molar-refractivity contribution in [2.45, 2.75) is 18.9 Å². The molecule has 5 nitrogen and oxygen atoms in total. The summed E-state index contributed by atoms with van der Waals surface area (Å²) in [6, 6.07) is 15.1. The van der Waals surface area contributed by atoms with E-state index in [1.165, 1.54) is 0 Å². The van der Waals surface area contributed by atoms with Crippen molar-refractivity contribution in [3.63, 3.8) is 0 Å². The van der Waals surface area contributed by atoms with Crippen LogP contribution in [-0.4, -0.2) is 19.6 Å². The van der Waals surface area contributed by atoms with Gasteiger partial charge >= 0.3 is 0 Å². The van der Waals surface area contributed by atoms with Gasteiger partial charge in [-0.25, -0.2) is 0 Å². The molecule has 3 N–H and O–H groups in total. The van der Waals surface area contributed by atoms with E-state index in [0.717, 1.165) is 18.4 Å². The zero-order chi connectivity index (χ0) is 16.9. The average molecular weight is 326 g/mol. The number of hydrogen-bond acceptors (Lipinski definition) is 4. The van der Waals surface area contributed by atoms with Gasteiger partial charge in [0, 0.05) is 12.3 Å². The Morgan fingerprint density at radius 1 is 1.25 bits per heavy atom. The molecule has 24 heavy (non-hydrogen) atoms. The van der Waals surface area contributed by atoms with Crippen LogP contribution in [0.15, 0.2) is 48.5 Å². The third-order valence-corrected chi connectivity index (χ3v) is 4.28. The van der Waals surface area contributed by atoms with Crippen molar-refractivity contribution < 1.29 is 14.3 Å². The molecule has 1 fully saturated rings. The van der Waals surface area contributed by atoms with E-state index in [1.807, 2.05) is 30.3 Å². The Bertz CT molecular complexity index is 703. The number of carbonyl (C=O) groups excluding carboxylic acids is 1. The normalized spacial score (nSPS) is 20.4. The summed E-state index contributed by atoms with van der Waals surface area (Å²) in [5.41, 5.74) is 8.10. The Morgan fingerprint density at radius 2 is 2.04 bits per heavy atom. The lowest BCUT2D eigenvalue weighted by Crippen LogP contribution is -2.33. The number of nitrogen functional groups attached to an aromatic ring is 1. The maximum Gasteiger partial charge on any atom is 0.230 e. The highest BCUT2D eigenvalue weighted by Gasteiger charge is 2.33. The molecule has 1 amide bonds. The van der Waals surface area contributed by atoms with E-state index in [0.29, 0.717) is 23.7 Å². The highest BCUT2D eigenvalue weighted by molar-refractivity contribution is 5.93. The molecule has 1 aliphatic rings. The molecule has 0 aliphatic carbocycles. The summed E-state index contributed by atoms with van der Waals surface area (Å²) in [4.78, 5) is 12.8. The number of rotatable bonds is 4. The Hall–Kier alpha value is -2.53. The van der Waals surface area contributed by atoms with Crippen molar-refractivity contribution in [2.75, 3.05) is 24.8 Å². The topological polar surface area (TPSA) is 73.6 Å². The minimum atomic E-state index is -0.218. The lowest BCUT2D eigenvalue weighted by Gasteiger charge is -2.31. The monoisotopic (exact) mass is 326 g/mol. The first-order valence-corrected chi connectivity index (χ1v) is 8.10. The highest BCUT2D eigenvalue weighted by atomic mass is 16.5. The number of benzene rings is 2. The van der Waals surface area contributed by atoms with Crippen LogP contribution in [0.2, 0.25) is 0 Å². The molecule has 0 aromatic heterocycles. The fourth-order valence-corrected chi connectivity index (χ4v) is 3.07. The van der Waals surface area contributed by atoms with Gasteiger partial charge in [-0.3, -0.25) is 4.79 Å². The van der Waals surface area contributed by atoms with Crippen LogP contribution in [0.25, 0.3) is 0 Å². The van der Waals surface area contributed by atoms with Crippen LogP contribution in [0, 0.1) is 5.92 Å². The van der Waals surface area contributed by atoms with Gasteiger partial charge < -0.3 is 20.5 Å². The molecule has 2 aromatic carbocycles. The molecule has 5 heteroatoms. The van der Waals surface area contributed by atoms with Gasteiger partial charge in [-0.1, -0.05) is 30.3 Å². The SMILES string of the molecule is COc1ccc(NC(=O)C2CCCOC2c2ccccc2)cc1N. The van der Waals surface area contributed by atoms with E-state index in [2.05, 4.69) is 5.32 Å². The fourth-order valence-electron chi connectivity index (χ4n) is 3.07. The molecule has 0 radical (unpaired) electrons. The van der Waals surface area contributed by atoms with Gasteiger partial charge in [-0.15, -0.1) is 0 Å². The Balaban J connectivity index is 1.76. The van der Waals surface area contributed by atoms with Crippen LogP contribution in [0.1, 0.15) is 24.5 Å². The van der Waals surface area contributed by atoms with Crippen LogP contribution in [0.5, 0.6) is 5.75 Å². The number of carbonyl (C=O) groups is 1. The molecule has 3 rings (SSSR count). The first-order valence-electron chi connectivity index (χ1n) is 8.10. The van der Waals surface area contributed by atoms with E-state index in [1.54, 1.807) is 25.3 Å². The van der Waals surface area contributed by atoms with Gasteiger partial charge in [0.15, 0.2) is 0 Å². The Morgan fingerprint density at radius 3 is 2.75 bits per heavy atom. The van der Waals surface area contributed by atoms with E-state index >= 15 is 0 Å². The second-order valence-electron chi connectivity index (χ2n) is 5.90. The first-order chi connectivity index (χ1) is 11.7. The van der Waals surface area contributed by atoms with Crippen LogP contribution in [-0.2, 0) is 9.53 Å². The smallest absolute Gasteiger partial charge is 0.230 e. The van der Waals surface area contributed by atoms with E-state index in [-0.39, 0.29) is 17.9 Å². The summed E-state index contributed by atoms with van der Waals surface area (Å²) in [7, 11) is 1.56. The number of anilines is 2. The number of methoxy groups -OCH3 is 1. The van der Waals surface area contributed by atoms with Gasteiger partial charge in [0.1, 0.15) is 5.75 Å². The average Bonchev–Trinajstić information content (AvgIpc) is 2.62. The molecule has 2 aromatic rings. The summed E-state index contributed by atoms with van der Waals surface area (Å²) in [5, 5.41) is 2.95. The lowest BCUT2D eigenvalue weighted by molar-refractivity contribution is -0.129. The molecule has 2 atom stereocenters. The van der Waals surface area contributed by atoms with Crippen LogP contribution >= 0.6 is 0 Å². The molecule has 0 bridgehead atoms. The number of ether oxygens (including phenoxy) is 2. The molecular formula is C19H22N2O3. The van der Waals surface area contributed by atoms with Crippen molar-refractivity contribution in [2.24, 2.45) is 5.92 Å². The Labute approximate surface area is 141 Å². The number of nitrogens with one attached hydrogen (secondary N) is 1. The first kappa shape index (κ1) is 16.3. The zero-order valence-electron chi connectivity index (χ0n) is 13.7. The summed E-state index contributed by atoms with van der Waals surface area (Å²) in [5.74, 6) is 0.328. The van der Waals surface area contributed by atoms with Gasteiger partial charge in [-0.05, 0) is 36.6 Å². The van der Waals surface area contributed by atoms with E-state index in [4.69, 9.17) is 15.2 Å². The Kier molecular flexibility index (Phi) is 5.01. The van der Waals surface area contributed by atoms with Gasteiger partial charge in [0.25, 0.3) is 0 Å². The predicted molar refractivity (Wildman–Crippen MR) is 93.9 cm³/mol. The standard InChI is InChI=1S/C19H22N2O3/c1-23-17-10-9-14(12-16(17)20)21-19(22)15-8-5-11-24-18(15)13-6-3-2-4-7-13/h2-4,6-7,9-10,12,15,18H,5,8,11,20H2,1H3,(H,21,22).